The summed E-state index contributed by atoms with van der Waals surface area (Å²) in [6.45, 7) is 4.03. The monoisotopic (exact) mass is 290 g/mol. The van der Waals surface area contributed by atoms with Crippen LogP contribution in [0.15, 0.2) is 36.4 Å². The Balaban J connectivity index is 2.53. The van der Waals surface area contributed by atoms with Gasteiger partial charge in [0.2, 0.25) is 0 Å². The predicted molar refractivity (Wildman–Crippen MR) is 82.6 cm³/mol. The van der Waals surface area contributed by atoms with Crippen molar-refractivity contribution in [3.63, 3.8) is 0 Å². The Morgan fingerprint density at radius 2 is 1.95 bits per heavy atom. The predicted octanol–water partition coefficient (Wildman–Crippen LogP) is 4.30. The summed E-state index contributed by atoms with van der Waals surface area (Å²) >= 11 is 6.04. The molecule has 0 radical (unpaired) electrons. The summed E-state index contributed by atoms with van der Waals surface area (Å²) in [5, 5.41) is 11.3. The minimum atomic E-state index is -0.696. The second-order valence-corrected chi connectivity index (χ2v) is 5.22. The van der Waals surface area contributed by atoms with Gasteiger partial charge in [0.25, 0.3) is 0 Å². The van der Waals surface area contributed by atoms with Crippen LogP contribution in [0.25, 0.3) is 0 Å². The van der Waals surface area contributed by atoms with E-state index in [1.54, 1.807) is 7.11 Å². The second kappa shape index (κ2) is 6.29. The highest BCUT2D eigenvalue weighted by Gasteiger charge is 2.18. The van der Waals surface area contributed by atoms with E-state index in [0.717, 1.165) is 34.4 Å². The second-order valence-electron chi connectivity index (χ2n) is 4.79. The normalized spacial score (nSPS) is 12.2. The lowest BCUT2D eigenvalue weighted by atomic mass is 9.92. The molecule has 0 aliphatic rings. The van der Waals surface area contributed by atoms with Crippen molar-refractivity contribution in [3.8, 4) is 5.75 Å². The van der Waals surface area contributed by atoms with Gasteiger partial charge in [0.05, 0.1) is 7.11 Å². The summed E-state index contributed by atoms with van der Waals surface area (Å²) in [6, 6.07) is 11.3. The molecular weight excluding hydrogens is 272 g/mol. The van der Waals surface area contributed by atoms with Crippen LogP contribution in [-0.4, -0.2) is 12.2 Å². The highest BCUT2D eigenvalue weighted by Crippen LogP contribution is 2.33. The number of methoxy groups -OCH3 is 1. The first kappa shape index (κ1) is 14.9. The molecule has 2 rings (SSSR count). The molecule has 1 N–H and O–H groups in total. The third-order valence-electron chi connectivity index (χ3n) is 3.57. The molecule has 1 atom stereocenters. The smallest absolute Gasteiger partial charge is 0.122 e. The van der Waals surface area contributed by atoms with Gasteiger partial charge >= 0.3 is 0 Å². The maximum atomic E-state index is 10.7. The molecule has 20 heavy (non-hydrogen) atoms. The van der Waals surface area contributed by atoms with E-state index >= 15 is 0 Å². The first-order valence-electron chi connectivity index (χ1n) is 6.68. The number of aliphatic hydroxyl groups excluding tert-OH is 1. The third kappa shape index (κ3) is 2.82. The van der Waals surface area contributed by atoms with Crippen LogP contribution < -0.4 is 4.74 Å². The van der Waals surface area contributed by atoms with Gasteiger partial charge < -0.3 is 9.84 Å². The number of hydrogen-bond acceptors (Lipinski definition) is 2. The standard InChI is InChI=1S/C17H19ClO2/c1-4-13-14(6-5-7-16(13)20-3)17(19)15-10-12(18)9-8-11(15)2/h5-10,17,19H,4H2,1-3H3. The fourth-order valence-electron chi connectivity index (χ4n) is 2.48. The van der Waals surface area contributed by atoms with Crippen molar-refractivity contribution >= 4 is 11.6 Å². The number of aryl methyl sites for hydroxylation is 1. The van der Waals surface area contributed by atoms with Gasteiger partial charge in [-0.25, -0.2) is 0 Å². The number of hydrogen-bond donors (Lipinski definition) is 1. The van der Waals surface area contributed by atoms with E-state index in [-0.39, 0.29) is 0 Å². The van der Waals surface area contributed by atoms with E-state index < -0.39 is 6.10 Å². The van der Waals surface area contributed by atoms with Crippen LogP contribution in [0, 0.1) is 6.92 Å². The van der Waals surface area contributed by atoms with Crippen molar-refractivity contribution in [2.75, 3.05) is 7.11 Å². The van der Waals surface area contributed by atoms with Crippen LogP contribution in [0.1, 0.15) is 35.3 Å². The Morgan fingerprint density at radius 3 is 2.60 bits per heavy atom. The number of halogens is 1. The Hall–Kier alpha value is -1.51. The summed E-state index contributed by atoms with van der Waals surface area (Å²) < 4.78 is 5.38. The van der Waals surface area contributed by atoms with E-state index in [0.29, 0.717) is 5.02 Å². The van der Waals surface area contributed by atoms with Gasteiger partial charge in [-0.1, -0.05) is 36.7 Å². The number of ether oxygens (including phenoxy) is 1. The summed E-state index contributed by atoms with van der Waals surface area (Å²) in [4.78, 5) is 0. The largest absolute Gasteiger partial charge is 0.496 e. The molecule has 2 nitrogen and oxygen atoms in total. The number of aliphatic hydroxyl groups is 1. The van der Waals surface area contributed by atoms with Gasteiger partial charge in [-0.2, -0.15) is 0 Å². The summed E-state index contributed by atoms with van der Waals surface area (Å²) in [5.74, 6) is 0.809. The zero-order valence-corrected chi connectivity index (χ0v) is 12.7. The molecule has 0 heterocycles. The Labute approximate surface area is 125 Å². The molecule has 0 aliphatic heterocycles. The van der Waals surface area contributed by atoms with Crippen molar-refractivity contribution in [1.29, 1.82) is 0 Å². The molecule has 0 aromatic heterocycles. The molecule has 0 aliphatic carbocycles. The van der Waals surface area contributed by atoms with E-state index in [1.807, 2.05) is 43.3 Å². The maximum Gasteiger partial charge on any atom is 0.122 e. The lowest BCUT2D eigenvalue weighted by molar-refractivity contribution is 0.217. The van der Waals surface area contributed by atoms with Crippen LogP contribution in [0.5, 0.6) is 5.75 Å². The molecule has 0 spiro atoms. The zero-order valence-electron chi connectivity index (χ0n) is 12.0. The lowest BCUT2D eigenvalue weighted by Gasteiger charge is -2.19. The minimum absolute atomic E-state index is 0.630. The molecular formula is C17H19ClO2. The SMILES string of the molecule is CCc1c(OC)cccc1C(O)c1cc(Cl)ccc1C. The third-order valence-corrected chi connectivity index (χ3v) is 3.81. The lowest BCUT2D eigenvalue weighted by Crippen LogP contribution is -2.06. The van der Waals surface area contributed by atoms with Gasteiger partial charge in [0.1, 0.15) is 11.9 Å². The van der Waals surface area contributed by atoms with Crippen LogP contribution in [0.2, 0.25) is 5.02 Å². The first-order chi connectivity index (χ1) is 9.58. The molecule has 0 saturated carbocycles. The van der Waals surface area contributed by atoms with Crippen LogP contribution >= 0.6 is 11.6 Å². The van der Waals surface area contributed by atoms with Gasteiger partial charge in [0.15, 0.2) is 0 Å². The Kier molecular flexibility index (Phi) is 4.69. The summed E-state index contributed by atoms with van der Waals surface area (Å²) in [5.41, 5.74) is 3.76. The molecule has 0 fully saturated rings. The maximum absolute atomic E-state index is 10.7. The average molecular weight is 291 g/mol. The van der Waals surface area contributed by atoms with Crippen molar-refractivity contribution in [3.05, 3.63) is 63.7 Å². The number of rotatable bonds is 4. The van der Waals surface area contributed by atoms with Crippen molar-refractivity contribution in [1.82, 2.24) is 0 Å². The molecule has 2 aromatic rings. The van der Waals surface area contributed by atoms with E-state index in [1.165, 1.54) is 0 Å². The summed E-state index contributed by atoms with van der Waals surface area (Å²) in [7, 11) is 1.65. The molecule has 0 saturated heterocycles. The molecule has 2 aromatic carbocycles. The number of benzene rings is 2. The van der Waals surface area contributed by atoms with Gasteiger partial charge in [-0.05, 0) is 53.8 Å². The van der Waals surface area contributed by atoms with E-state index in [2.05, 4.69) is 6.92 Å². The minimum Gasteiger partial charge on any atom is -0.496 e. The first-order valence-corrected chi connectivity index (χ1v) is 7.06. The summed E-state index contributed by atoms with van der Waals surface area (Å²) in [6.07, 6.45) is 0.106. The molecule has 106 valence electrons. The van der Waals surface area contributed by atoms with E-state index in [9.17, 15) is 5.11 Å². The van der Waals surface area contributed by atoms with Crippen LogP contribution in [-0.2, 0) is 6.42 Å². The highest BCUT2D eigenvalue weighted by atomic mass is 35.5. The topological polar surface area (TPSA) is 29.5 Å². The van der Waals surface area contributed by atoms with Gasteiger partial charge in [0, 0.05) is 5.02 Å². The van der Waals surface area contributed by atoms with E-state index in [4.69, 9.17) is 16.3 Å². The van der Waals surface area contributed by atoms with Crippen LogP contribution in [0.4, 0.5) is 0 Å². The van der Waals surface area contributed by atoms with Gasteiger partial charge in [-0.15, -0.1) is 0 Å². The van der Waals surface area contributed by atoms with Gasteiger partial charge in [-0.3, -0.25) is 0 Å². The Morgan fingerprint density at radius 1 is 1.20 bits per heavy atom. The zero-order chi connectivity index (χ0) is 14.7. The van der Waals surface area contributed by atoms with Crippen molar-refractivity contribution in [2.24, 2.45) is 0 Å². The molecule has 0 amide bonds. The fraction of sp³-hybridized carbons (Fsp3) is 0.294. The quantitative estimate of drug-likeness (QED) is 0.909. The van der Waals surface area contributed by atoms with Crippen LogP contribution in [0.3, 0.4) is 0 Å². The molecule has 3 heteroatoms. The van der Waals surface area contributed by atoms with Crippen molar-refractivity contribution in [2.45, 2.75) is 26.4 Å². The molecule has 1 unspecified atom stereocenters. The highest BCUT2D eigenvalue weighted by molar-refractivity contribution is 6.30. The fourth-order valence-corrected chi connectivity index (χ4v) is 2.66. The Bertz CT molecular complexity index is 608. The average Bonchev–Trinajstić information content (AvgIpc) is 2.48. The molecule has 0 bridgehead atoms. The van der Waals surface area contributed by atoms with Crippen molar-refractivity contribution < 1.29 is 9.84 Å².